The van der Waals surface area contributed by atoms with Crippen LogP contribution in [0.15, 0.2) is 30.7 Å². The number of amides is 1. The average molecular weight is 348 g/mol. The lowest BCUT2D eigenvalue weighted by Gasteiger charge is -2.07. The SMILES string of the molecule is COc1nc2nc[nH]c2cc1-c1c[nH]c2nc(NC(=O)C3CC3)ccc12. The van der Waals surface area contributed by atoms with Crippen LogP contribution in [0.3, 0.4) is 0 Å². The van der Waals surface area contributed by atoms with Crippen LogP contribution in [0.4, 0.5) is 5.82 Å². The highest BCUT2D eigenvalue weighted by Crippen LogP contribution is 2.36. The molecular weight excluding hydrogens is 332 g/mol. The fourth-order valence-electron chi connectivity index (χ4n) is 3.07. The maximum atomic E-state index is 11.9. The lowest BCUT2D eigenvalue weighted by atomic mass is 10.1. The molecule has 1 amide bonds. The van der Waals surface area contributed by atoms with Crippen LogP contribution in [0.1, 0.15) is 12.8 Å². The minimum atomic E-state index is 0.0409. The molecule has 0 saturated heterocycles. The number of H-pyrrole nitrogens is 2. The summed E-state index contributed by atoms with van der Waals surface area (Å²) in [6, 6.07) is 5.71. The molecule has 0 spiro atoms. The predicted molar refractivity (Wildman–Crippen MR) is 96.9 cm³/mol. The first-order chi connectivity index (χ1) is 12.7. The monoisotopic (exact) mass is 348 g/mol. The van der Waals surface area contributed by atoms with Gasteiger partial charge in [0, 0.05) is 28.6 Å². The smallest absolute Gasteiger partial charge is 0.228 e. The molecule has 4 heterocycles. The number of carbonyl (C=O) groups is 1. The molecule has 1 fully saturated rings. The van der Waals surface area contributed by atoms with E-state index < -0.39 is 0 Å². The van der Waals surface area contributed by atoms with Gasteiger partial charge >= 0.3 is 0 Å². The van der Waals surface area contributed by atoms with Gasteiger partial charge in [-0.2, -0.15) is 4.98 Å². The summed E-state index contributed by atoms with van der Waals surface area (Å²) in [6.07, 6.45) is 5.39. The Morgan fingerprint density at radius 2 is 2.12 bits per heavy atom. The number of hydrogen-bond acceptors (Lipinski definition) is 5. The Morgan fingerprint density at radius 1 is 1.23 bits per heavy atom. The molecule has 0 atom stereocenters. The number of fused-ring (bicyclic) bond motifs is 2. The Kier molecular flexibility index (Phi) is 3.18. The third-order valence-corrected chi connectivity index (χ3v) is 4.60. The number of nitrogens with zero attached hydrogens (tertiary/aromatic N) is 3. The van der Waals surface area contributed by atoms with E-state index in [0.717, 1.165) is 34.9 Å². The molecule has 0 aromatic carbocycles. The Hall–Kier alpha value is -3.42. The number of aromatic amines is 2. The molecule has 1 aliphatic rings. The molecule has 8 nitrogen and oxygen atoms in total. The zero-order valence-corrected chi connectivity index (χ0v) is 14.0. The van der Waals surface area contributed by atoms with Crippen LogP contribution in [0.25, 0.3) is 33.3 Å². The molecule has 1 aliphatic carbocycles. The van der Waals surface area contributed by atoms with Crippen molar-refractivity contribution in [2.24, 2.45) is 5.92 Å². The van der Waals surface area contributed by atoms with E-state index in [1.165, 1.54) is 0 Å². The maximum Gasteiger partial charge on any atom is 0.228 e. The maximum absolute atomic E-state index is 11.9. The summed E-state index contributed by atoms with van der Waals surface area (Å²) >= 11 is 0. The molecule has 0 unspecified atom stereocenters. The first-order valence-electron chi connectivity index (χ1n) is 8.40. The molecule has 4 aromatic rings. The van der Waals surface area contributed by atoms with Crippen molar-refractivity contribution in [2.75, 3.05) is 12.4 Å². The summed E-state index contributed by atoms with van der Waals surface area (Å²) in [5.74, 6) is 1.23. The minimum Gasteiger partial charge on any atom is -0.480 e. The number of ether oxygens (including phenoxy) is 1. The van der Waals surface area contributed by atoms with Crippen molar-refractivity contribution in [3.63, 3.8) is 0 Å². The number of aromatic nitrogens is 5. The number of anilines is 1. The van der Waals surface area contributed by atoms with Gasteiger partial charge in [-0.15, -0.1) is 0 Å². The van der Waals surface area contributed by atoms with Crippen LogP contribution >= 0.6 is 0 Å². The van der Waals surface area contributed by atoms with E-state index in [-0.39, 0.29) is 11.8 Å². The molecule has 130 valence electrons. The Bertz CT molecular complexity index is 1140. The summed E-state index contributed by atoms with van der Waals surface area (Å²) in [5.41, 5.74) is 3.89. The largest absolute Gasteiger partial charge is 0.480 e. The van der Waals surface area contributed by atoms with Crippen molar-refractivity contribution in [1.29, 1.82) is 0 Å². The van der Waals surface area contributed by atoms with Crippen LogP contribution in [0.2, 0.25) is 0 Å². The number of carbonyl (C=O) groups excluding carboxylic acids is 1. The van der Waals surface area contributed by atoms with Crippen LogP contribution in [-0.2, 0) is 4.79 Å². The summed E-state index contributed by atoms with van der Waals surface area (Å²) in [6.45, 7) is 0. The van der Waals surface area contributed by atoms with Gasteiger partial charge in [0.15, 0.2) is 5.65 Å². The summed E-state index contributed by atoms with van der Waals surface area (Å²) in [7, 11) is 1.59. The van der Waals surface area contributed by atoms with Gasteiger partial charge in [0.05, 0.1) is 19.0 Å². The first kappa shape index (κ1) is 14.9. The molecule has 5 rings (SSSR count). The third kappa shape index (κ3) is 2.38. The van der Waals surface area contributed by atoms with Gasteiger partial charge in [0.1, 0.15) is 11.5 Å². The third-order valence-electron chi connectivity index (χ3n) is 4.60. The number of pyridine rings is 2. The van der Waals surface area contributed by atoms with Gasteiger partial charge in [-0.1, -0.05) is 0 Å². The van der Waals surface area contributed by atoms with Crippen LogP contribution in [-0.4, -0.2) is 37.9 Å². The highest BCUT2D eigenvalue weighted by Gasteiger charge is 2.29. The van der Waals surface area contributed by atoms with Crippen molar-refractivity contribution < 1.29 is 9.53 Å². The Balaban J connectivity index is 1.58. The highest BCUT2D eigenvalue weighted by molar-refractivity contribution is 5.99. The zero-order chi connectivity index (χ0) is 17.7. The number of hydrogen-bond donors (Lipinski definition) is 3. The molecule has 4 aromatic heterocycles. The number of nitrogens with one attached hydrogen (secondary N) is 3. The second kappa shape index (κ2) is 5.55. The van der Waals surface area contributed by atoms with Crippen molar-refractivity contribution in [2.45, 2.75) is 12.8 Å². The standard InChI is InChI=1S/C18H16N6O2/c1-26-18-11(6-13-16(24-18)21-8-20-13)12-7-19-15-10(12)4-5-14(22-15)23-17(25)9-2-3-9/h4-9H,2-3H2,1H3,(H,20,21,24)(H2,19,22,23,25). The average Bonchev–Trinajstić information content (AvgIpc) is 3.27. The summed E-state index contributed by atoms with van der Waals surface area (Å²) in [5, 5.41) is 3.79. The number of imidazole rings is 1. The van der Waals surface area contributed by atoms with Crippen LogP contribution in [0.5, 0.6) is 5.88 Å². The summed E-state index contributed by atoms with van der Waals surface area (Å²) < 4.78 is 5.45. The zero-order valence-electron chi connectivity index (χ0n) is 14.0. The lowest BCUT2D eigenvalue weighted by molar-refractivity contribution is -0.117. The fourth-order valence-corrected chi connectivity index (χ4v) is 3.07. The number of methoxy groups -OCH3 is 1. The van der Waals surface area contributed by atoms with E-state index in [1.54, 1.807) is 13.4 Å². The molecule has 0 bridgehead atoms. The van der Waals surface area contributed by atoms with Crippen molar-refractivity contribution in [3.05, 3.63) is 30.7 Å². The van der Waals surface area contributed by atoms with E-state index in [0.29, 0.717) is 23.0 Å². The second-order valence-corrected chi connectivity index (χ2v) is 6.38. The van der Waals surface area contributed by atoms with Gasteiger partial charge < -0.3 is 20.0 Å². The molecular formula is C18H16N6O2. The van der Waals surface area contributed by atoms with E-state index in [9.17, 15) is 4.79 Å². The molecule has 0 radical (unpaired) electrons. The van der Waals surface area contributed by atoms with Gasteiger partial charge in [0.2, 0.25) is 11.8 Å². The van der Waals surface area contributed by atoms with E-state index in [4.69, 9.17) is 4.74 Å². The second-order valence-electron chi connectivity index (χ2n) is 6.38. The Labute approximate surface area is 148 Å². The summed E-state index contributed by atoms with van der Waals surface area (Å²) in [4.78, 5) is 31.3. The first-order valence-corrected chi connectivity index (χ1v) is 8.40. The molecule has 1 saturated carbocycles. The van der Waals surface area contributed by atoms with E-state index in [2.05, 4.69) is 30.2 Å². The van der Waals surface area contributed by atoms with Gasteiger partial charge in [-0.05, 0) is 31.0 Å². The predicted octanol–water partition coefficient (Wildman–Crippen LogP) is 2.86. The minimum absolute atomic E-state index is 0.0409. The molecule has 26 heavy (non-hydrogen) atoms. The van der Waals surface area contributed by atoms with E-state index in [1.807, 2.05) is 24.4 Å². The highest BCUT2D eigenvalue weighted by atomic mass is 16.5. The molecule has 0 aliphatic heterocycles. The molecule has 8 heteroatoms. The topological polar surface area (TPSA) is 109 Å². The number of rotatable bonds is 4. The fraction of sp³-hybridized carbons (Fsp3) is 0.222. The van der Waals surface area contributed by atoms with Crippen LogP contribution in [0, 0.1) is 5.92 Å². The van der Waals surface area contributed by atoms with Crippen molar-refractivity contribution in [1.82, 2.24) is 24.9 Å². The normalized spacial score (nSPS) is 14.0. The van der Waals surface area contributed by atoms with Crippen molar-refractivity contribution in [3.8, 4) is 17.0 Å². The van der Waals surface area contributed by atoms with Gasteiger partial charge in [0.25, 0.3) is 0 Å². The van der Waals surface area contributed by atoms with Crippen molar-refractivity contribution >= 4 is 33.9 Å². The van der Waals surface area contributed by atoms with Gasteiger partial charge in [-0.25, -0.2) is 9.97 Å². The quantitative estimate of drug-likeness (QED) is 0.525. The van der Waals surface area contributed by atoms with Crippen LogP contribution < -0.4 is 10.1 Å². The lowest BCUT2D eigenvalue weighted by Crippen LogP contribution is -2.14. The van der Waals surface area contributed by atoms with E-state index >= 15 is 0 Å². The molecule has 3 N–H and O–H groups in total. The van der Waals surface area contributed by atoms with Gasteiger partial charge in [-0.3, -0.25) is 4.79 Å². The Morgan fingerprint density at radius 3 is 2.92 bits per heavy atom.